The molecule has 0 bridgehead atoms. The van der Waals surface area contributed by atoms with Crippen LogP contribution in [0.4, 0.5) is 0 Å². The van der Waals surface area contributed by atoms with Gasteiger partial charge in [0.25, 0.3) is 10.0 Å². The predicted octanol–water partition coefficient (Wildman–Crippen LogP) is 2.21. The number of rotatable bonds is 4. The third-order valence-corrected chi connectivity index (χ3v) is 4.24. The second kappa shape index (κ2) is 4.83. The predicted molar refractivity (Wildman–Crippen MR) is 63.2 cm³/mol. The molecule has 1 aromatic carbocycles. The third-order valence-electron chi connectivity index (χ3n) is 2.50. The summed E-state index contributed by atoms with van der Waals surface area (Å²) in [6.07, 6.45) is 2.97. The Balaban J connectivity index is 2.02. The Kier molecular flexibility index (Phi) is 3.63. The van der Waals surface area contributed by atoms with Gasteiger partial charge in [-0.15, -0.1) is 0 Å². The smallest absolute Gasteiger partial charge is 0.262 e. The van der Waals surface area contributed by atoms with E-state index in [0.29, 0.717) is 0 Å². The van der Waals surface area contributed by atoms with E-state index in [9.17, 15) is 8.42 Å². The molecule has 6 heteroatoms. The molecular weight excluding hydrogens is 294 g/mol. The molecule has 0 spiro atoms. The summed E-state index contributed by atoms with van der Waals surface area (Å²) >= 11 is 3.25. The molecule has 1 saturated carbocycles. The van der Waals surface area contributed by atoms with E-state index < -0.39 is 10.0 Å². The molecule has 1 aliphatic rings. The highest BCUT2D eigenvalue weighted by Gasteiger charge is 2.22. The van der Waals surface area contributed by atoms with E-state index in [4.69, 9.17) is 4.84 Å². The lowest BCUT2D eigenvalue weighted by Crippen LogP contribution is -2.33. The first-order chi connectivity index (χ1) is 7.58. The molecular formula is C10H12BrNO3S. The summed E-state index contributed by atoms with van der Waals surface area (Å²) < 4.78 is 24.3. The molecule has 1 fully saturated rings. The van der Waals surface area contributed by atoms with E-state index in [-0.39, 0.29) is 11.0 Å². The molecule has 1 N–H and O–H groups in total. The number of benzene rings is 1. The number of sulfonamides is 1. The molecule has 1 aliphatic carbocycles. The minimum absolute atomic E-state index is 0.0326. The Morgan fingerprint density at radius 3 is 2.38 bits per heavy atom. The van der Waals surface area contributed by atoms with Crippen molar-refractivity contribution < 1.29 is 13.3 Å². The van der Waals surface area contributed by atoms with Gasteiger partial charge in [0.15, 0.2) is 0 Å². The average molecular weight is 306 g/mol. The Morgan fingerprint density at radius 1 is 1.25 bits per heavy atom. The van der Waals surface area contributed by atoms with Crippen molar-refractivity contribution in [3.63, 3.8) is 0 Å². The van der Waals surface area contributed by atoms with Gasteiger partial charge in [0.1, 0.15) is 0 Å². The van der Waals surface area contributed by atoms with Gasteiger partial charge >= 0.3 is 0 Å². The fourth-order valence-corrected chi connectivity index (χ4v) is 2.40. The first-order valence-corrected chi connectivity index (χ1v) is 7.28. The summed E-state index contributed by atoms with van der Waals surface area (Å²) in [4.78, 5) is 7.44. The molecule has 16 heavy (non-hydrogen) atoms. The zero-order valence-electron chi connectivity index (χ0n) is 8.52. The normalized spacial score (nSPS) is 17.1. The molecule has 0 heterocycles. The highest BCUT2D eigenvalue weighted by atomic mass is 79.9. The van der Waals surface area contributed by atoms with Gasteiger partial charge in [-0.3, -0.25) is 4.84 Å². The number of halogens is 1. The Morgan fingerprint density at radius 2 is 1.88 bits per heavy atom. The molecule has 0 atom stereocenters. The van der Waals surface area contributed by atoms with Crippen LogP contribution in [-0.2, 0) is 14.9 Å². The van der Waals surface area contributed by atoms with Gasteiger partial charge in [0.2, 0.25) is 0 Å². The largest absolute Gasteiger partial charge is 0.284 e. The van der Waals surface area contributed by atoms with Crippen molar-refractivity contribution in [3.05, 3.63) is 28.7 Å². The van der Waals surface area contributed by atoms with Crippen molar-refractivity contribution in [3.8, 4) is 0 Å². The molecule has 0 radical (unpaired) electrons. The van der Waals surface area contributed by atoms with Gasteiger partial charge in [-0.2, -0.15) is 0 Å². The van der Waals surface area contributed by atoms with Gasteiger partial charge < -0.3 is 0 Å². The highest BCUT2D eigenvalue weighted by Crippen LogP contribution is 2.22. The van der Waals surface area contributed by atoms with Crippen molar-refractivity contribution in [1.29, 1.82) is 0 Å². The quantitative estimate of drug-likeness (QED) is 0.868. The van der Waals surface area contributed by atoms with Crippen molar-refractivity contribution in [2.75, 3.05) is 0 Å². The highest BCUT2D eigenvalue weighted by molar-refractivity contribution is 9.10. The lowest BCUT2D eigenvalue weighted by Gasteiger charge is -2.24. The monoisotopic (exact) mass is 305 g/mol. The molecule has 0 amide bonds. The molecule has 0 saturated heterocycles. The van der Waals surface area contributed by atoms with E-state index in [2.05, 4.69) is 20.8 Å². The number of hydrogen-bond donors (Lipinski definition) is 1. The van der Waals surface area contributed by atoms with Crippen LogP contribution in [-0.4, -0.2) is 14.5 Å². The minimum Gasteiger partial charge on any atom is -0.284 e. The summed E-state index contributed by atoms with van der Waals surface area (Å²) in [7, 11) is -3.54. The standard InChI is InChI=1S/C10H12BrNO3S/c11-8-4-6-10(7-5-8)16(13,14)12-15-9-2-1-3-9/h4-7,9,12H,1-3H2. The van der Waals surface area contributed by atoms with Crippen molar-refractivity contribution in [1.82, 2.24) is 4.89 Å². The zero-order chi connectivity index (χ0) is 11.6. The summed E-state index contributed by atoms with van der Waals surface area (Å²) in [5.74, 6) is 0. The maximum Gasteiger partial charge on any atom is 0.262 e. The van der Waals surface area contributed by atoms with E-state index in [1.54, 1.807) is 12.1 Å². The minimum atomic E-state index is -3.54. The lowest BCUT2D eigenvalue weighted by atomic mass is 9.97. The first kappa shape index (κ1) is 12.0. The molecule has 2 rings (SSSR count). The van der Waals surface area contributed by atoms with Gasteiger partial charge in [0.05, 0.1) is 11.0 Å². The van der Waals surface area contributed by atoms with Crippen LogP contribution in [0.5, 0.6) is 0 Å². The number of nitrogens with one attached hydrogen (secondary N) is 1. The van der Waals surface area contributed by atoms with Crippen LogP contribution in [0.1, 0.15) is 19.3 Å². The fourth-order valence-electron chi connectivity index (χ4n) is 1.28. The molecule has 0 unspecified atom stereocenters. The number of hydrogen-bond acceptors (Lipinski definition) is 3. The topological polar surface area (TPSA) is 55.4 Å². The van der Waals surface area contributed by atoms with Crippen LogP contribution >= 0.6 is 15.9 Å². The second-order valence-electron chi connectivity index (χ2n) is 3.71. The van der Waals surface area contributed by atoms with Gasteiger partial charge in [0, 0.05) is 4.47 Å². The maximum absolute atomic E-state index is 11.7. The summed E-state index contributed by atoms with van der Waals surface area (Å²) in [5, 5.41) is 0. The molecule has 4 nitrogen and oxygen atoms in total. The van der Waals surface area contributed by atoms with E-state index in [1.165, 1.54) is 12.1 Å². The van der Waals surface area contributed by atoms with Crippen LogP contribution in [0.3, 0.4) is 0 Å². The van der Waals surface area contributed by atoms with Crippen LogP contribution in [0, 0.1) is 0 Å². The average Bonchev–Trinajstić information content (AvgIpc) is 2.15. The summed E-state index contributed by atoms with van der Waals surface area (Å²) in [6, 6.07) is 6.41. The van der Waals surface area contributed by atoms with E-state index >= 15 is 0 Å². The summed E-state index contributed by atoms with van der Waals surface area (Å²) in [6.45, 7) is 0. The Hall–Kier alpha value is -0.430. The molecule has 88 valence electrons. The van der Waals surface area contributed by atoms with Crippen LogP contribution in [0.2, 0.25) is 0 Å². The zero-order valence-corrected chi connectivity index (χ0v) is 10.9. The first-order valence-electron chi connectivity index (χ1n) is 5.01. The molecule has 0 aliphatic heterocycles. The SMILES string of the molecule is O=S(=O)(NOC1CCC1)c1ccc(Br)cc1. The Bertz CT molecular complexity index is 453. The van der Waals surface area contributed by atoms with E-state index in [0.717, 1.165) is 23.7 Å². The van der Waals surface area contributed by atoms with Crippen molar-refractivity contribution in [2.24, 2.45) is 0 Å². The Labute approximate surface area is 103 Å². The fraction of sp³-hybridized carbons (Fsp3) is 0.400. The lowest BCUT2D eigenvalue weighted by molar-refractivity contribution is -0.0280. The van der Waals surface area contributed by atoms with Gasteiger partial charge in [-0.25, -0.2) is 8.42 Å². The van der Waals surface area contributed by atoms with Crippen LogP contribution in [0.25, 0.3) is 0 Å². The van der Waals surface area contributed by atoms with E-state index in [1.807, 2.05) is 0 Å². The van der Waals surface area contributed by atoms with Gasteiger partial charge in [-0.1, -0.05) is 20.8 Å². The van der Waals surface area contributed by atoms with Gasteiger partial charge in [-0.05, 0) is 43.5 Å². The van der Waals surface area contributed by atoms with Crippen molar-refractivity contribution >= 4 is 26.0 Å². The van der Waals surface area contributed by atoms with Crippen LogP contribution < -0.4 is 4.89 Å². The summed E-state index contributed by atoms with van der Waals surface area (Å²) in [5.41, 5.74) is 0. The third kappa shape index (κ3) is 2.82. The molecule has 0 aromatic heterocycles. The maximum atomic E-state index is 11.7. The van der Waals surface area contributed by atoms with Crippen molar-refractivity contribution in [2.45, 2.75) is 30.3 Å². The van der Waals surface area contributed by atoms with Crippen LogP contribution in [0.15, 0.2) is 33.6 Å². The molecule has 1 aromatic rings. The second-order valence-corrected chi connectivity index (χ2v) is 6.27.